The third kappa shape index (κ3) is 1.48. The summed E-state index contributed by atoms with van der Waals surface area (Å²) < 4.78 is 0. The number of nitrogens with two attached hydrogens (primary N) is 2. The molecule has 0 aromatic heterocycles. The Morgan fingerprint density at radius 2 is 2.00 bits per heavy atom. The Kier molecular flexibility index (Phi) is 2.84. The van der Waals surface area contributed by atoms with E-state index in [-0.39, 0.29) is 5.92 Å². The van der Waals surface area contributed by atoms with Crippen molar-refractivity contribution >= 4 is 5.91 Å². The summed E-state index contributed by atoms with van der Waals surface area (Å²) >= 11 is 0. The van der Waals surface area contributed by atoms with Gasteiger partial charge in [0.05, 0.1) is 5.54 Å². The summed E-state index contributed by atoms with van der Waals surface area (Å²) in [5.41, 5.74) is 10.0. The molecule has 0 aromatic carbocycles. The fourth-order valence-electron chi connectivity index (χ4n) is 0.867. The van der Waals surface area contributed by atoms with Gasteiger partial charge >= 0.3 is 0 Å². The first-order chi connectivity index (χ1) is 4.45. The third-order valence-corrected chi connectivity index (χ3v) is 2.07. The van der Waals surface area contributed by atoms with Crippen LogP contribution in [0.1, 0.15) is 27.2 Å². The standard InChI is InChI=1S/C7H16N2O/c1-4-7(9,5(2)3)6(8)10/h5H,4,9H2,1-3H3,(H2,8,10)/t7-/m0/s1. The molecule has 0 saturated heterocycles. The summed E-state index contributed by atoms with van der Waals surface area (Å²) in [5, 5.41) is 0. The molecule has 0 spiro atoms. The predicted molar refractivity (Wildman–Crippen MR) is 41.2 cm³/mol. The minimum atomic E-state index is -0.819. The molecule has 60 valence electrons. The summed E-state index contributed by atoms with van der Waals surface area (Å²) in [6.07, 6.45) is 0.597. The molecule has 1 amide bonds. The highest BCUT2D eigenvalue weighted by atomic mass is 16.1. The van der Waals surface area contributed by atoms with Gasteiger partial charge in [-0.15, -0.1) is 0 Å². The second-order valence-corrected chi connectivity index (χ2v) is 2.91. The second-order valence-electron chi connectivity index (χ2n) is 2.91. The van der Waals surface area contributed by atoms with Crippen molar-refractivity contribution in [2.75, 3.05) is 0 Å². The van der Waals surface area contributed by atoms with Crippen LogP contribution in [0, 0.1) is 5.92 Å². The van der Waals surface area contributed by atoms with Gasteiger partial charge in [0, 0.05) is 0 Å². The first-order valence-electron chi connectivity index (χ1n) is 3.54. The second kappa shape index (κ2) is 3.01. The van der Waals surface area contributed by atoms with Crippen LogP contribution in [0.4, 0.5) is 0 Å². The number of rotatable bonds is 3. The van der Waals surface area contributed by atoms with Crippen LogP contribution in [-0.2, 0) is 4.79 Å². The van der Waals surface area contributed by atoms with Crippen LogP contribution in [0.5, 0.6) is 0 Å². The topological polar surface area (TPSA) is 69.1 Å². The number of carbonyl (C=O) groups is 1. The van der Waals surface area contributed by atoms with Crippen molar-refractivity contribution in [3.05, 3.63) is 0 Å². The van der Waals surface area contributed by atoms with E-state index in [9.17, 15) is 4.79 Å². The van der Waals surface area contributed by atoms with Gasteiger partial charge in [0.25, 0.3) is 0 Å². The van der Waals surface area contributed by atoms with Gasteiger partial charge < -0.3 is 11.5 Å². The first-order valence-corrected chi connectivity index (χ1v) is 3.54. The van der Waals surface area contributed by atoms with E-state index in [1.54, 1.807) is 0 Å². The molecule has 1 atom stereocenters. The van der Waals surface area contributed by atoms with Gasteiger partial charge in [0.15, 0.2) is 0 Å². The molecular weight excluding hydrogens is 128 g/mol. The van der Waals surface area contributed by atoms with Crippen molar-refractivity contribution in [3.63, 3.8) is 0 Å². The lowest BCUT2D eigenvalue weighted by molar-refractivity contribution is -0.124. The molecule has 0 aliphatic heterocycles. The minimum Gasteiger partial charge on any atom is -0.368 e. The van der Waals surface area contributed by atoms with Crippen LogP contribution in [0.15, 0.2) is 0 Å². The van der Waals surface area contributed by atoms with Gasteiger partial charge in [-0.25, -0.2) is 0 Å². The fourth-order valence-corrected chi connectivity index (χ4v) is 0.867. The lowest BCUT2D eigenvalue weighted by Gasteiger charge is -2.28. The maximum Gasteiger partial charge on any atom is 0.237 e. The average Bonchev–Trinajstić information content (AvgIpc) is 1.85. The normalized spacial score (nSPS) is 16.9. The number of carbonyl (C=O) groups excluding carboxylic acids is 1. The maximum absolute atomic E-state index is 10.8. The smallest absolute Gasteiger partial charge is 0.237 e. The molecule has 0 bridgehead atoms. The first kappa shape index (κ1) is 9.43. The number of primary amides is 1. The van der Waals surface area contributed by atoms with Crippen LogP contribution < -0.4 is 11.5 Å². The predicted octanol–water partition coefficient (Wildman–Crippen LogP) is 0.235. The van der Waals surface area contributed by atoms with Crippen LogP contribution in [-0.4, -0.2) is 11.4 Å². The Balaban J connectivity index is 4.38. The summed E-state index contributed by atoms with van der Waals surface area (Å²) in [6.45, 7) is 5.66. The molecule has 0 radical (unpaired) electrons. The van der Waals surface area contributed by atoms with Crippen LogP contribution in [0.3, 0.4) is 0 Å². The third-order valence-electron chi connectivity index (χ3n) is 2.07. The summed E-state index contributed by atoms with van der Waals surface area (Å²) in [6, 6.07) is 0. The van der Waals surface area contributed by atoms with Crippen molar-refractivity contribution in [1.29, 1.82) is 0 Å². The monoisotopic (exact) mass is 144 g/mol. The SMILES string of the molecule is CC[C@@](N)(C(N)=O)C(C)C. The Morgan fingerprint density at radius 3 is 2.00 bits per heavy atom. The Hall–Kier alpha value is -0.570. The number of hydrogen-bond acceptors (Lipinski definition) is 2. The quantitative estimate of drug-likeness (QED) is 0.595. The summed E-state index contributed by atoms with van der Waals surface area (Å²) in [5.74, 6) is -0.306. The molecule has 0 unspecified atom stereocenters. The highest BCUT2D eigenvalue weighted by molar-refractivity contribution is 5.84. The molecule has 0 heterocycles. The highest BCUT2D eigenvalue weighted by Crippen LogP contribution is 2.16. The van der Waals surface area contributed by atoms with Crippen molar-refractivity contribution < 1.29 is 4.79 Å². The molecular formula is C7H16N2O. The Labute approximate surface area is 61.8 Å². The van der Waals surface area contributed by atoms with Gasteiger partial charge in [-0.05, 0) is 12.3 Å². The van der Waals surface area contributed by atoms with Crippen molar-refractivity contribution in [2.45, 2.75) is 32.7 Å². The molecule has 3 nitrogen and oxygen atoms in total. The van der Waals surface area contributed by atoms with Crippen molar-refractivity contribution in [1.82, 2.24) is 0 Å². The molecule has 10 heavy (non-hydrogen) atoms. The molecule has 0 saturated carbocycles. The van der Waals surface area contributed by atoms with Gasteiger partial charge in [-0.2, -0.15) is 0 Å². The molecule has 4 N–H and O–H groups in total. The molecule has 0 rings (SSSR count). The zero-order valence-corrected chi connectivity index (χ0v) is 6.85. The van der Waals surface area contributed by atoms with E-state index in [0.717, 1.165) is 0 Å². The largest absolute Gasteiger partial charge is 0.368 e. The van der Waals surface area contributed by atoms with Crippen LogP contribution in [0.2, 0.25) is 0 Å². The lowest BCUT2D eigenvalue weighted by atomic mass is 9.84. The minimum absolute atomic E-state index is 0.106. The average molecular weight is 144 g/mol. The van der Waals surface area contributed by atoms with E-state index < -0.39 is 11.4 Å². The van der Waals surface area contributed by atoms with Crippen LogP contribution in [0.25, 0.3) is 0 Å². The van der Waals surface area contributed by atoms with Crippen LogP contribution >= 0.6 is 0 Å². The van der Waals surface area contributed by atoms with E-state index in [1.165, 1.54) is 0 Å². The van der Waals surface area contributed by atoms with E-state index in [4.69, 9.17) is 11.5 Å². The van der Waals surface area contributed by atoms with E-state index in [0.29, 0.717) is 6.42 Å². The zero-order valence-electron chi connectivity index (χ0n) is 6.85. The summed E-state index contributed by atoms with van der Waals surface area (Å²) in [4.78, 5) is 10.8. The molecule has 0 fully saturated rings. The van der Waals surface area contributed by atoms with E-state index in [1.807, 2.05) is 20.8 Å². The Morgan fingerprint density at radius 1 is 1.60 bits per heavy atom. The fraction of sp³-hybridized carbons (Fsp3) is 0.857. The Bertz CT molecular complexity index is 134. The molecule has 3 heteroatoms. The van der Waals surface area contributed by atoms with Crippen molar-refractivity contribution in [2.24, 2.45) is 17.4 Å². The lowest BCUT2D eigenvalue weighted by Crippen LogP contribution is -2.55. The molecule has 0 aliphatic carbocycles. The number of amides is 1. The zero-order chi connectivity index (χ0) is 8.36. The van der Waals surface area contributed by atoms with E-state index >= 15 is 0 Å². The van der Waals surface area contributed by atoms with Gasteiger partial charge in [-0.3, -0.25) is 4.79 Å². The molecule has 0 aliphatic rings. The van der Waals surface area contributed by atoms with Gasteiger partial charge in [0.2, 0.25) is 5.91 Å². The maximum atomic E-state index is 10.8. The van der Waals surface area contributed by atoms with Gasteiger partial charge in [-0.1, -0.05) is 20.8 Å². The van der Waals surface area contributed by atoms with E-state index in [2.05, 4.69) is 0 Å². The van der Waals surface area contributed by atoms with Crippen molar-refractivity contribution in [3.8, 4) is 0 Å². The molecule has 0 aromatic rings. The highest BCUT2D eigenvalue weighted by Gasteiger charge is 2.32. The number of hydrogen-bond donors (Lipinski definition) is 2. The van der Waals surface area contributed by atoms with Gasteiger partial charge in [0.1, 0.15) is 0 Å². The summed E-state index contributed by atoms with van der Waals surface area (Å²) in [7, 11) is 0.